The lowest BCUT2D eigenvalue weighted by molar-refractivity contribution is -0.113. The van der Waals surface area contributed by atoms with E-state index in [0.717, 1.165) is 17.3 Å². The van der Waals surface area contributed by atoms with E-state index < -0.39 is 0 Å². The number of carbonyl (C=O) groups is 1. The Morgan fingerprint density at radius 1 is 1.06 bits per heavy atom. The van der Waals surface area contributed by atoms with Crippen LogP contribution in [0.5, 0.6) is 5.75 Å². The zero-order chi connectivity index (χ0) is 22.3. The molecule has 0 atom stereocenters. The number of nitrogens with zero attached hydrogens (tertiary/aromatic N) is 2. The Balaban J connectivity index is 1.29. The zero-order valence-electron chi connectivity index (χ0n) is 16.6. The highest BCUT2D eigenvalue weighted by Gasteiger charge is 2.12. The van der Waals surface area contributed by atoms with E-state index in [-0.39, 0.29) is 29.3 Å². The average Bonchev–Trinajstić information content (AvgIpc) is 3.26. The Morgan fingerprint density at radius 3 is 2.69 bits per heavy atom. The topological polar surface area (TPSA) is 77.2 Å². The Kier molecular flexibility index (Phi) is 7.03. The third kappa shape index (κ3) is 6.09. The number of benzene rings is 3. The first-order valence-corrected chi connectivity index (χ1v) is 10.9. The maximum Gasteiger partial charge on any atom is 0.277 e. The highest BCUT2D eigenvalue weighted by Crippen LogP contribution is 2.25. The molecule has 6 nitrogen and oxygen atoms in total. The number of hydrogen-bond acceptors (Lipinski definition) is 6. The third-order valence-corrected chi connectivity index (χ3v) is 5.31. The number of aromatic nitrogens is 2. The van der Waals surface area contributed by atoms with Crippen LogP contribution in [0.4, 0.5) is 10.1 Å². The van der Waals surface area contributed by atoms with Crippen molar-refractivity contribution in [3.05, 3.63) is 89.2 Å². The second kappa shape index (κ2) is 10.3. The maximum atomic E-state index is 13.3. The number of halogens is 2. The molecule has 1 N–H and O–H groups in total. The molecule has 0 saturated carbocycles. The number of thioether (sulfide) groups is 1. The Labute approximate surface area is 192 Å². The van der Waals surface area contributed by atoms with Crippen LogP contribution in [0, 0.1) is 5.82 Å². The number of amides is 1. The molecule has 4 aromatic rings. The molecule has 162 valence electrons. The van der Waals surface area contributed by atoms with Crippen LogP contribution in [-0.2, 0) is 11.4 Å². The molecule has 0 aliphatic heterocycles. The van der Waals surface area contributed by atoms with Gasteiger partial charge in [0.05, 0.1) is 5.75 Å². The minimum absolute atomic E-state index is 0.0939. The molecule has 0 spiro atoms. The van der Waals surface area contributed by atoms with E-state index in [0.29, 0.717) is 27.9 Å². The number of nitrogens with one attached hydrogen (secondary N) is 1. The van der Waals surface area contributed by atoms with Crippen LogP contribution in [0.25, 0.3) is 11.5 Å². The van der Waals surface area contributed by atoms with Gasteiger partial charge in [0, 0.05) is 22.3 Å². The SMILES string of the molecule is O=C(CSc1nnc(-c2ccc(Cl)cc2)o1)Nc1cccc(OCc2cccc(F)c2)c1. The van der Waals surface area contributed by atoms with Crippen LogP contribution in [0.2, 0.25) is 5.02 Å². The number of hydrogen-bond donors (Lipinski definition) is 1. The van der Waals surface area contributed by atoms with Gasteiger partial charge >= 0.3 is 0 Å². The lowest BCUT2D eigenvalue weighted by atomic mass is 10.2. The minimum atomic E-state index is -0.314. The highest BCUT2D eigenvalue weighted by molar-refractivity contribution is 7.99. The Hall–Kier alpha value is -3.36. The van der Waals surface area contributed by atoms with Gasteiger partial charge in [-0.25, -0.2) is 4.39 Å². The number of anilines is 1. The average molecular weight is 470 g/mol. The second-order valence-electron chi connectivity index (χ2n) is 6.66. The van der Waals surface area contributed by atoms with Gasteiger partial charge in [-0.05, 0) is 54.1 Å². The van der Waals surface area contributed by atoms with Crippen LogP contribution in [0.3, 0.4) is 0 Å². The van der Waals surface area contributed by atoms with Gasteiger partial charge in [0.2, 0.25) is 11.8 Å². The van der Waals surface area contributed by atoms with Gasteiger partial charge in [-0.2, -0.15) is 0 Å². The second-order valence-corrected chi connectivity index (χ2v) is 8.03. The van der Waals surface area contributed by atoms with Crippen LogP contribution in [0.15, 0.2) is 82.4 Å². The fourth-order valence-corrected chi connectivity index (χ4v) is 3.45. The largest absolute Gasteiger partial charge is 0.489 e. The molecule has 3 aromatic carbocycles. The van der Waals surface area contributed by atoms with Crippen LogP contribution >= 0.6 is 23.4 Å². The van der Waals surface area contributed by atoms with Crippen molar-refractivity contribution in [1.29, 1.82) is 0 Å². The first-order valence-electron chi connectivity index (χ1n) is 9.54. The summed E-state index contributed by atoms with van der Waals surface area (Å²) in [5, 5.41) is 11.6. The molecule has 9 heteroatoms. The van der Waals surface area contributed by atoms with Crippen molar-refractivity contribution < 1.29 is 18.3 Å². The minimum Gasteiger partial charge on any atom is -0.489 e. The molecule has 0 unspecified atom stereocenters. The molecule has 0 bridgehead atoms. The van der Waals surface area contributed by atoms with Crippen molar-refractivity contribution >= 4 is 35.0 Å². The molecular formula is C23H17ClFN3O3S. The van der Waals surface area contributed by atoms with Gasteiger partial charge in [-0.3, -0.25) is 4.79 Å². The van der Waals surface area contributed by atoms with Gasteiger partial charge in [0.25, 0.3) is 5.22 Å². The summed E-state index contributed by atoms with van der Waals surface area (Å²) in [6, 6.07) is 20.2. The first-order chi connectivity index (χ1) is 15.5. The summed E-state index contributed by atoms with van der Waals surface area (Å²) >= 11 is 7.01. The van der Waals surface area contributed by atoms with E-state index in [1.54, 1.807) is 60.7 Å². The van der Waals surface area contributed by atoms with Gasteiger partial charge < -0.3 is 14.5 Å². The van der Waals surface area contributed by atoms with Crippen LogP contribution < -0.4 is 10.1 Å². The van der Waals surface area contributed by atoms with Crippen molar-refractivity contribution in [2.75, 3.05) is 11.1 Å². The van der Waals surface area contributed by atoms with Crippen LogP contribution in [-0.4, -0.2) is 21.9 Å². The van der Waals surface area contributed by atoms with Crippen molar-refractivity contribution in [3.8, 4) is 17.2 Å². The predicted molar refractivity (Wildman–Crippen MR) is 121 cm³/mol. The van der Waals surface area contributed by atoms with E-state index >= 15 is 0 Å². The predicted octanol–water partition coefficient (Wildman–Crippen LogP) is 5.84. The number of rotatable bonds is 8. The summed E-state index contributed by atoms with van der Waals surface area (Å²) in [5.74, 6) is 0.461. The normalized spacial score (nSPS) is 10.7. The highest BCUT2D eigenvalue weighted by atomic mass is 35.5. The zero-order valence-corrected chi connectivity index (χ0v) is 18.2. The number of ether oxygens (including phenoxy) is 1. The van der Waals surface area contributed by atoms with Crippen LogP contribution in [0.1, 0.15) is 5.56 Å². The summed E-state index contributed by atoms with van der Waals surface area (Å²) in [4.78, 5) is 12.3. The smallest absolute Gasteiger partial charge is 0.277 e. The molecule has 0 saturated heterocycles. The molecule has 0 fully saturated rings. The molecule has 1 amide bonds. The third-order valence-electron chi connectivity index (χ3n) is 4.24. The van der Waals surface area contributed by atoms with E-state index in [4.69, 9.17) is 20.8 Å². The molecular weight excluding hydrogens is 453 g/mol. The maximum absolute atomic E-state index is 13.3. The molecule has 0 aliphatic carbocycles. The molecule has 4 rings (SSSR count). The Bertz CT molecular complexity index is 1220. The molecule has 32 heavy (non-hydrogen) atoms. The van der Waals surface area contributed by atoms with E-state index in [2.05, 4.69) is 15.5 Å². The van der Waals surface area contributed by atoms with Crippen molar-refractivity contribution in [1.82, 2.24) is 10.2 Å². The summed E-state index contributed by atoms with van der Waals surface area (Å²) in [5.41, 5.74) is 2.04. The standard InChI is InChI=1S/C23H17ClFN3O3S/c24-17-9-7-16(8-10-17)22-27-28-23(31-22)32-14-21(29)26-19-5-2-6-20(12-19)30-13-15-3-1-4-18(25)11-15/h1-12H,13-14H2,(H,26,29). The quantitative estimate of drug-likeness (QED) is 0.327. The van der Waals surface area contributed by atoms with Crippen molar-refractivity contribution in [2.24, 2.45) is 0 Å². The first kappa shape index (κ1) is 21.9. The van der Waals surface area contributed by atoms with Gasteiger partial charge in [-0.1, -0.05) is 41.6 Å². The number of carbonyl (C=O) groups excluding carboxylic acids is 1. The summed E-state index contributed by atoms with van der Waals surface area (Å²) in [6.45, 7) is 0.220. The summed E-state index contributed by atoms with van der Waals surface area (Å²) in [6.07, 6.45) is 0. The molecule has 0 aliphatic rings. The Morgan fingerprint density at radius 2 is 1.88 bits per heavy atom. The van der Waals surface area contributed by atoms with E-state index in [9.17, 15) is 9.18 Å². The molecule has 1 heterocycles. The van der Waals surface area contributed by atoms with E-state index in [1.165, 1.54) is 12.1 Å². The lowest BCUT2D eigenvalue weighted by Crippen LogP contribution is -2.14. The monoisotopic (exact) mass is 469 g/mol. The van der Waals surface area contributed by atoms with Gasteiger partial charge in [0.15, 0.2) is 0 Å². The molecule has 1 aromatic heterocycles. The van der Waals surface area contributed by atoms with Crippen molar-refractivity contribution in [2.45, 2.75) is 11.8 Å². The fraction of sp³-hybridized carbons (Fsp3) is 0.0870. The van der Waals surface area contributed by atoms with E-state index in [1.807, 2.05) is 0 Å². The summed E-state index contributed by atoms with van der Waals surface area (Å²) < 4.78 is 24.5. The van der Waals surface area contributed by atoms with Gasteiger partial charge in [-0.15, -0.1) is 10.2 Å². The molecule has 0 radical (unpaired) electrons. The lowest BCUT2D eigenvalue weighted by Gasteiger charge is -2.09. The van der Waals surface area contributed by atoms with Gasteiger partial charge in [0.1, 0.15) is 18.2 Å². The fourth-order valence-electron chi connectivity index (χ4n) is 2.76. The summed E-state index contributed by atoms with van der Waals surface area (Å²) in [7, 11) is 0. The van der Waals surface area contributed by atoms with Crippen molar-refractivity contribution in [3.63, 3.8) is 0 Å².